The van der Waals surface area contributed by atoms with Crippen LogP contribution in [-0.2, 0) is 41.2 Å². The van der Waals surface area contributed by atoms with Crippen LogP contribution in [-0.4, -0.2) is 26.7 Å². The van der Waals surface area contributed by atoms with E-state index in [0.29, 0.717) is 29.5 Å². The number of aldehydes is 1. The molecule has 9 heteroatoms. The molecular formula is C24H31F4IrN2O2-. The van der Waals surface area contributed by atoms with Crippen LogP contribution in [0.3, 0.4) is 0 Å². The van der Waals surface area contributed by atoms with E-state index in [0.717, 1.165) is 37.1 Å². The van der Waals surface area contributed by atoms with Crippen molar-refractivity contribution in [1.29, 1.82) is 5.41 Å². The SMILES string of the molecule is CCCC(C=O)(CC)c1ccc(C(F)(F)F)cc1.COC.Cc1cc(F)cc([NH-])c1C=N.[Ir]. The smallest absolute Gasteiger partial charge is 0.416 e. The Morgan fingerprint density at radius 1 is 1.06 bits per heavy atom. The zero-order valence-corrected chi connectivity index (χ0v) is 21.8. The Kier molecular flexibility index (Phi) is 15.7. The molecule has 0 aromatic heterocycles. The maximum Gasteiger partial charge on any atom is 0.416 e. The molecule has 2 aromatic carbocycles. The van der Waals surface area contributed by atoms with Crippen molar-refractivity contribution in [3.8, 4) is 0 Å². The molecule has 0 fully saturated rings. The monoisotopic (exact) mass is 648 g/mol. The molecule has 187 valence electrons. The third kappa shape index (κ3) is 10.1. The Bertz CT molecular complexity index is 836. The number of nitrogens with one attached hydrogen (secondary N) is 2. The number of benzene rings is 2. The van der Waals surface area contributed by atoms with Crippen LogP contribution >= 0.6 is 0 Å². The fourth-order valence-electron chi connectivity index (χ4n) is 3.12. The van der Waals surface area contributed by atoms with Gasteiger partial charge in [-0.05, 0) is 60.7 Å². The summed E-state index contributed by atoms with van der Waals surface area (Å²) in [7, 11) is 3.25. The molecule has 1 unspecified atom stereocenters. The number of carbonyl (C=O) groups is 1. The molecule has 0 aliphatic carbocycles. The van der Waals surface area contributed by atoms with Gasteiger partial charge in [-0.3, -0.25) is 0 Å². The van der Waals surface area contributed by atoms with Crippen molar-refractivity contribution in [2.45, 2.75) is 51.6 Å². The van der Waals surface area contributed by atoms with Crippen LogP contribution in [0.4, 0.5) is 23.2 Å². The molecule has 2 rings (SSSR count). The zero-order chi connectivity index (χ0) is 24.9. The topological polar surface area (TPSA) is 74.0 Å². The molecule has 1 atom stereocenters. The van der Waals surface area contributed by atoms with Gasteiger partial charge < -0.3 is 20.7 Å². The summed E-state index contributed by atoms with van der Waals surface area (Å²) in [6.07, 6.45) is -0.350. The Hall–Kier alpha value is -2.09. The van der Waals surface area contributed by atoms with E-state index in [9.17, 15) is 22.4 Å². The van der Waals surface area contributed by atoms with Crippen molar-refractivity contribution < 1.29 is 47.2 Å². The van der Waals surface area contributed by atoms with Crippen LogP contribution in [0.5, 0.6) is 0 Å². The first-order valence-electron chi connectivity index (χ1n) is 10.0. The van der Waals surface area contributed by atoms with Crippen LogP contribution in [0, 0.1) is 18.2 Å². The molecule has 0 aliphatic rings. The van der Waals surface area contributed by atoms with E-state index in [1.807, 2.05) is 13.8 Å². The van der Waals surface area contributed by atoms with E-state index in [4.69, 9.17) is 11.1 Å². The average Bonchev–Trinajstić information content (AvgIpc) is 2.72. The fraction of sp³-hybridized carbons (Fsp3) is 0.417. The second-order valence-corrected chi connectivity index (χ2v) is 7.19. The van der Waals surface area contributed by atoms with Gasteiger partial charge in [-0.2, -0.15) is 13.2 Å². The summed E-state index contributed by atoms with van der Waals surface area (Å²) < 4.78 is 54.2. The van der Waals surface area contributed by atoms with Gasteiger partial charge in [-0.25, -0.2) is 4.39 Å². The van der Waals surface area contributed by atoms with E-state index < -0.39 is 23.0 Å². The second-order valence-electron chi connectivity index (χ2n) is 7.19. The van der Waals surface area contributed by atoms with Crippen molar-refractivity contribution >= 4 is 18.2 Å². The molecule has 4 nitrogen and oxygen atoms in total. The zero-order valence-electron chi connectivity index (χ0n) is 19.4. The molecule has 0 bridgehead atoms. The standard InChI is InChI=1S/C14H17F3O.C8H8FN2.C2H6O.Ir/c1-3-9-13(4-2,10-18)11-5-7-12(8-6-11)14(15,16)17;1-5-2-6(9)3-8(11)7(5)4-10;1-3-2;/h5-8,10H,3-4,9H2,1-2H3;2-4,10-11H,1H3;1-2H3;/q;-1;;. The normalized spacial score (nSPS) is 12.0. The summed E-state index contributed by atoms with van der Waals surface area (Å²) in [6.45, 7) is 5.52. The van der Waals surface area contributed by atoms with Crippen LogP contribution < -0.4 is 0 Å². The van der Waals surface area contributed by atoms with Crippen LogP contribution in [0.25, 0.3) is 5.73 Å². The van der Waals surface area contributed by atoms with Crippen LogP contribution in [0.15, 0.2) is 36.4 Å². The first kappa shape index (κ1) is 33.1. The Morgan fingerprint density at radius 2 is 1.55 bits per heavy atom. The molecule has 2 N–H and O–H groups in total. The third-order valence-electron chi connectivity index (χ3n) is 4.84. The number of hydrogen-bond acceptors (Lipinski definition) is 3. The molecule has 1 radical (unpaired) electrons. The number of halogens is 4. The van der Waals surface area contributed by atoms with Crippen molar-refractivity contribution in [1.82, 2.24) is 0 Å². The number of rotatable bonds is 6. The van der Waals surface area contributed by atoms with Gasteiger partial charge in [0.1, 0.15) is 12.1 Å². The average molecular weight is 648 g/mol. The molecule has 0 saturated heterocycles. The van der Waals surface area contributed by atoms with E-state index in [2.05, 4.69) is 4.74 Å². The fourth-order valence-corrected chi connectivity index (χ4v) is 3.12. The first-order valence-corrected chi connectivity index (χ1v) is 10.0. The predicted molar refractivity (Wildman–Crippen MR) is 120 cm³/mol. The number of methoxy groups -OCH3 is 1. The van der Waals surface area contributed by atoms with Gasteiger partial charge in [0.2, 0.25) is 0 Å². The van der Waals surface area contributed by atoms with E-state index in [1.165, 1.54) is 18.2 Å². The van der Waals surface area contributed by atoms with Crippen molar-refractivity contribution in [3.63, 3.8) is 0 Å². The quantitative estimate of drug-likeness (QED) is 0.201. The summed E-state index contributed by atoms with van der Waals surface area (Å²) in [4.78, 5) is 11.3. The maximum atomic E-state index is 12.5. The third-order valence-corrected chi connectivity index (χ3v) is 4.84. The second kappa shape index (κ2) is 15.7. The number of ether oxygens (including phenoxy) is 1. The minimum Gasteiger partial charge on any atom is -0.698 e. The van der Waals surface area contributed by atoms with Crippen molar-refractivity contribution in [2.24, 2.45) is 0 Å². The first-order chi connectivity index (χ1) is 15.0. The molecule has 0 heterocycles. The molecular weight excluding hydrogens is 616 g/mol. The Balaban J connectivity index is 0. The summed E-state index contributed by atoms with van der Waals surface area (Å²) in [5.41, 5.74) is 7.76. The molecule has 0 saturated carbocycles. The molecule has 2 aromatic rings. The summed E-state index contributed by atoms with van der Waals surface area (Å²) in [5, 5.41) is 6.93. The number of carbonyl (C=O) groups excluding carboxylic acids is 1. The van der Waals surface area contributed by atoms with Crippen LogP contribution in [0.1, 0.15) is 55.4 Å². The van der Waals surface area contributed by atoms with E-state index >= 15 is 0 Å². The van der Waals surface area contributed by atoms with Gasteiger partial charge in [0.15, 0.2) is 0 Å². The largest absolute Gasteiger partial charge is 0.698 e. The maximum absolute atomic E-state index is 12.5. The molecule has 0 aliphatic heterocycles. The predicted octanol–water partition coefficient (Wildman–Crippen LogP) is 7.43. The van der Waals surface area contributed by atoms with Gasteiger partial charge in [0, 0.05) is 40.5 Å². The summed E-state index contributed by atoms with van der Waals surface area (Å²) in [5.74, 6) is -0.418. The minimum absolute atomic E-state index is 0. The van der Waals surface area contributed by atoms with Gasteiger partial charge in [-0.15, -0.1) is 5.69 Å². The van der Waals surface area contributed by atoms with Crippen molar-refractivity contribution in [3.05, 3.63) is 70.2 Å². The van der Waals surface area contributed by atoms with E-state index in [-0.39, 0.29) is 25.8 Å². The number of alkyl halides is 3. The van der Waals surface area contributed by atoms with Crippen LogP contribution in [0.2, 0.25) is 0 Å². The van der Waals surface area contributed by atoms with Gasteiger partial charge in [0.25, 0.3) is 0 Å². The summed E-state index contributed by atoms with van der Waals surface area (Å²) >= 11 is 0. The van der Waals surface area contributed by atoms with Gasteiger partial charge in [0.05, 0.1) is 11.0 Å². The van der Waals surface area contributed by atoms with Crippen molar-refractivity contribution in [2.75, 3.05) is 14.2 Å². The molecule has 0 spiro atoms. The van der Waals surface area contributed by atoms with E-state index in [1.54, 1.807) is 21.1 Å². The number of aryl methyl sites for hydroxylation is 1. The van der Waals surface area contributed by atoms with Gasteiger partial charge in [-0.1, -0.05) is 32.4 Å². The Morgan fingerprint density at radius 3 is 1.88 bits per heavy atom. The van der Waals surface area contributed by atoms with Gasteiger partial charge >= 0.3 is 6.18 Å². The molecule has 33 heavy (non-hydrogen) atoms. The summed E-state index contributed by atoms with van der Waals surface area (Å²) in [6, 6.07) is 7.33. The Labute approximate surface area is 206 Å². The minimum atomic E-state index is -4.33. The molecule has 0 amide bonds. The number of hydrogen-bond donors (Lipinski definition) is 1.